The highest BCUT2D eigenvalue weighted by molar-refractivity contribution is 7.09. The predicted octanol–water partition coefficient (Wildman–Crippen LogP) is 3.09. The lowest BCUT2D eigenvalue weighted by atomic mass is 10.1. The van der Waals surface area contributed by atoms with Crippen LogP contribution in [0.3, 0.4) is 0 Å². The van der Waals surface area contributed by atoms with Gasteiger partial charge in [0.05, 0.1) is 10.7 Å². The summed E-state index contributed by atoms with van der Waals surface area (Å²) in [6.07, 6.45) is 3.51. The van der Waals surface area contributed by atoms with Gasteiger partial charge in [-0.25, -0.2) is 4.98 Å². The molecule has 23 heavy (non-hydrogen) atoms. The first-order valence-electron chi connectivity index (χ1n) is 8.27. The molecule has 1 N–H and O–H groups in total. The minimum atomic E-state index is 0.146. The molecule has 4 nitrogen and oxygen atoms in total. The Labute approximate surface area is 140 Å². The molecule has 3 heterocycles. The lowest BCUT2D eigenvalue weighted by Crippen LogP contribution is -2.39. The van der Waals surface area contributed by atoms with E-state index in [4.69, 9.17) is 0 Å². The van der Waals surface area contributed by atoms with Crippen LogP contribution in [0.2, 0.25) is 0 Å². The van der Waals surface area contributed by atoms with E-state index in [0.29, 0.717) is 12.1 Å². The molecule has 2 aliphatic heterocycles. The van der Waals surface area contributed by atoms with Gasteiger partial charge in [0.15, 0.2) is 0 Å². The Morgan fingerprint density at radius 1 is 1.30 bits per heavy atom. The van der Waals surface area contributed by atoms with Crippen LogP contribution in [0.25, 0.3) is 11.3 Å². The minimum Gasteiger partial charge on any atom is -0.337 e. The number of carbonyl (C=O) groups is 1. The molecular formula is C18H21N3OS. The van der Waals surface area contributed by atoms with E-state index in [1.807, 2.05) is 41.5 Å². The van der Waals surface area contributed by atoms with Gasteiger partial charge in [0.2, 0.25) is 0 Å². The van der Waals surface area contributed by atoms with Crippen LogP contribution in [0.5, 0.6) is 0 Å². The summed E-state index contributed by atoms with van der Waals surface area (Å²) in [4.78, 5) is 19.4. The van der Waals surface area contributed by atoms with Crippen molar-refractivity contribution < 1.29 is 4.79 Å². The molecule has 4 rings (SSSR count). The van der Waals surface area contributed by atoms with E-state index in [1.165, 1.54) is 12.8 Å². The maximum absolute atomic E-state index is 12.9. The van der Waals surface area contributed by atoms with Crippen molar-refractivity contribution in [3.05, 3.63) is 40.2 Å². The van der Waals surface area contributed by atoms with Crippen molar-refractivity contribution in [3.8, 4) is 11.3 Å². The fourth-order valence-electron chi connectivity index (χ4n) is 3.62. The Morgan fingerprint density at radius 3 is 3.00 bits per heavy atom. The Kier molecular flexibility index (Phi) is 3.91. The second-order valence-corrected chi connectivity index (χ2v) is 7.57. The molecule has 5 heteroatoms. The third-order valence-electron chi connectivity index (χ3n) is 4.83. The molecule has 0 spiro atoms. The van der Waals surface area contributed by atoms with Crippen LogP contribution in [0.4, 0.5) is 0 Å². The third kappa shape index (κ3) is 3.03. The summed E-state index contributed by atoms with van der Waals surface area (Å²) in [6, 6.07) is 8.95. The lowest BCUT2D eigenvalue weighted by Gasteiger charge is -2.24. The maximum atomic E-state index is 12.9. The number of nitrogens with zero attached hydrogens (tertiary/aromatic N) is 2. The second-order valence-electron chi connectivity index (χ2n) is 6.51. The van der Waals surface area contributed by atoms with Crippen molar-refractivity contribution >= 4 is 17.2 Å². The number of nitrogens with one attached hydrogen (secondary N) is 1. The van der Waals surface area contributed by atoms with E-state index in [2.05, 4.69) is 10.3 Å². The molecule has 2 saturated heterocycles. The molecule has 120 valence electrons. The van der Waals surface area contributed by atoms with Gasteiger partial charge in [0.1, 0.15) is 0 Å². The molecule has 1 amide bonds. The minimum absolute atomic E-state index is 0.146. The molecule has 2 unspecified atom stereocenters. The second kappa shape index (κ2) is 6.06. The van der Waals surface area contributed by atoms with Crippen LogP contribution < -0.4 is 5.32 Å². The summed E-state index contributed by atoms with van der Waals surface area (Å²) >= 11 is 1.64. The average Bonchev–Trinajstić information content (AvgIpc) is 3.12. The standard InChI is InChI=1S/C18H21N3OS/c1-12-19-17(11-23-12)13-3-2-4-14(9-13)18(22)21-8-7-15-5-6-16(10-21)20-15/h2-4,9,11,15-16,20H,5-8,10H2,1H3. The fraction of sp³-hybridized carbons (Fsp3) is 0.444. The van der Waals surface area contributed by atoms with Gasteiger partial charge in [0.25, 0.3) is 5.91 Å². The summed E-state index contributed by atoms with van der Waals surface area (Å²) in [5.41, 5.74) is 2.75. The number of benzene rings is 1. The molecule has 2 atom stereocenters. The van der Waals surface area contributed by atoms with Gasteiger partial charge in [-0.2, -0.15) is 0 Å². The van der Waals surface area contributed by atoms with E-state index in [9.17, 15) is 4.79 Å². The SMILES string of the molecule is Cc1nc(-c2cccc(C(=O)N3CCC4CCC(C3)N4)c2)cs1. The Balaban J connectivity index is 1.56. The topological polar surface area (TPSA) is 45.2 Å². The zero-order valence-corrected chi connectivity index (χ0v) is 14.1. The molecule has 1 aromatic carbocycles. The van der Waals surface area contributed by atoms with Crippen molar-refractivity contribution in [3.63, 3.8) is 0 Å². The molecule has 1 aromatic heterocycles. The van der Waals surface area contributed by atoms with E-state index in [0.717, 1.165) is 41.3 Å². The molecule has 2 bridgehead atoms. The largest absolute Gasteiger partial charge is 0.337 e. The highest BCUT2D eigenvalue weighted by atomic mass is 32.1. The van der Waals surface area contributed by atoms with Crippen LogP contribution in [-0.2, 0) is 0 Å². The van der Waals surface area contributed by atoms with Gasteiger partial charge in [-0.3, -0.25) is 4.79 Å². The Morgan fingerprint density at radius 2 is 2.17 bits per heavy atom. The quantitative estimate of drug-likeness (QED) is 0.922. The first-order valence-corrected chi connectivity index (χ1v) is 9.15. The van der Waals surface area contributed by atoms with E-state index >= 15 is 0 Å². The van der Waals surface area contributed by atoms with E-state index in [1.54, 1.807) is 11.3 Å². The van der Waals surface area contributed by atoms with Crippen molar-refractivity contribution in [2.45, 2.75) is 38.3 Å². The summed E-state index contributed by atoms with van der Waals surface area (Å²) in [5.74, 6) is 0.146. The molecule has 0 radical (unpaired) electrons. The third-order valence-corrected chi connectivity index (χ3v) is 5.61. The molecule has 0 aliphatic carbocycles. The van der Waals surface area contributed by atoms with E-state index < -0.39 is 0 Å². The van der Waals surface area contributed by atoms with E-state index in [-0.39, 0.29) is 5.91 Å². The van der Waals surface area contributed by atoms with Gasteiger partial charge in [-0.15, -0.1) is 11.3 Å². The monoisotopic (exact) mass is 327 g/mol. The van der Waals surface area contributed by atoms with Crippen LogP contribution >= 0.6 is 11.3 Å². The van der Waals surface area contributed by atoms with Gasteiger partial charge in [0, 0.05) is 41.7 Å². The van der Waals surface area contributed by atoms with Gasteiger partial charge < -0.3 is 10.2 Å². The predicted molar refractivity (Wildman–Crippen MR) is 92.8 cm³/mol. The highest BCUT2D eigenvalue weighted by Crippen LogP contribution is 2.25. The Bertz CT molecular complexity index is 727. The number of hydrogen-bond donors (Lipinski definition) is 1. The van der Waals surface area contributed by atoms with Crippen molar-refractivity contribution in [2.75, 3.05) is 13.1 Å². The summed E-state index contributed by atoms with van der Waals surface area (Å²) in [6.45, 7) is 3.69. The first kappa shape index (κ1) is 14.8. The summed E-state index contributed by atoms with van der Waals surface area (Å²) < 4.78 is 0. The zero-order valence-electron chi connectivity index (χ0n) is 13.3. The fourth-order valence-corrected chi connectivity index (χ4v) is 4.24. The van der Waals surface area contributed by atoms with Crippen molar-refractivity contribution in [2.24, 2.45) is 0 Å². The molecule has 2 fully saturated rings. The molecular weight excluding hydrogens is 306 g/mol. The Hall–Kier alpha value is -1.72. The lowest BCUT2D eigenvalue weighted by molar-refractivity contribution is 0.0748. The van der Waals surface area contributed by atoms with Crippen molar-refractivity contribution in [1.82, 2.24) is 15.2 Å². The number of amides is 1. The number of thiazole rings is 1. The summed E-state index contributed by atoms with van der Waals surface area (Å²) in [7, 11) is 0. The van der Waals surface area contributed by atoms with Crippen LogP contribution in [0.15, 0.2) is 29.6 Å². The normalized spacial score (nSPS) is 23.8. The zero-order chi connectivity index (χ0) is 15.8. The molecule has 2 aliphatic rings. The van der Waals surface area contributed by atoms with Crippen molar-refractivity contribution in [1.29, 1.82) is 0 Å². The van der Waals surface area contributed by atoms with Gasteiger partial charge >= 0.3 is 0 Å². The number of fused-ring (bicyclic) bond motifs is 2. The van der Waals surface area contributed by atoms with Crippen LogP contribution in [-0.4, -0.2) is 41.0 Å². The maximum Gasteiger partial charge on any atom is 0.253 e. The number of hydrogen-bond acceptors (Lipinski definition) is 4. The average molecular weight is 327 g/mol. The highest BCUT2D eigenvalue weighted by Gasteiger charge is 2.31. The number of aryl methyl sites for hydroxylation is 1. The number of carbonyl (C=O) groups excluding carboxylic acids is 1. The number of likely N-dealkylation sites (tertiary alicyclic amines) is 1. The van der Waals surface area contributed by atoms with Gasteiger partial charge in [-0.05, 0) is 38.3 Å². The number of rotatable bonds is 2. The number of aromatic nitrogens is 1. The summed E-state index contributed by atoms with van der Waals surface area (Å²) in [5, 5.41) is 6.72. The smallest absolute Gasteiger partial charge is 0.253 e. The first-order chi connectivity index (χ1) is 11.2. The molecule has 2 aromatic rings. The van der Waals surface area contributed by atoms with Crippen LogP contribution in [0.1, 0.15) is 34.6 Å². The van der Waals surface area contributed by atoms with Gasteiger partial charge in [-0.1, -0.05) is 12.1 Å². The van der Waals surface area contributed by atoms with Crippen LogP contribution in [0, 0.1) is 6.92 Å². The molecule has 0 saturated carbocycles.